The second-order valence-electron chi connectivity index (χ2n) is 5.25. The van der Waals surface area contributed by atoms with E-state index in [-0.39, 0.29) is 12.5 Å². The van der Waals surface area contributed by atoms with Crippen LogP contribution in [0.4, 0.5) is 0 Å². The quantitative estimate of drug-likeness (QED) is 0.801. The van der Waals surface area contributed by atoms with E-state index in [1.54, 1.807) is 7.11 Å². The van der Waals surface area contributed by atoms with Crippen molar-refractivity contribution in [2.45, 2.75) is 50.7 Å². The number of hydrogen-bond donors (Lipinski definition) is 1. The molecule has 0 spiro atoms. The zero-order valence-corrected chi connectivity index (χ0v) is 10.7. The van der Waals surface area contributed by atoms with E-state index in [0.717, 1.165) is 25.3 Å². The molecule has 1 aliphatic carbocycles. The van der Waals surface area contributed by atoms with Crippen molar-refractivity contribution in [2.24, 2.45) is 11.7 Å². The van der Waals surface area contributed by atoms with Crippen molar-refractivity contribution >= 4 is 5.91 Å². The molecule has 2 atom stereocenters. The second kappa shape index (κ2) is 5.83. The van der Waals surface area contributed by atoms with Gasteiger partial charge in [-0.25, -0.2) is 0 Å². The van der Waals surface area contributed by atoms with Gasteiger partial charge in [-0.2, -0.15) is 0 Å². The molecule has 2 fully saturated rings. The van der Waals surface area contributed by atoms with E-state index in [1.807, 2.05) is 4.90 Å². The number of nitrogens with two attached hydrogens (primary N) is 1. The Kier molecular flexibility index (Phi) is 4.40. The highest BCUT2D eigenvalue weighted by atomic mass is 16.5. The Labute approximate surface area is 103 Å². The van der Waals surface area contributed by atoms with Gasteiger partial charge in [0, 0.05) is 26.2 Å². The molecule has 0 aromatic rings. The van der Waals surface area contributed by atoms with Crippen LogP contribution in [0.5, 0.6) is 0 Å². The Hall–Kier alpha value is -0.610. The van der Waals surface area contributed by atoms with Crippen molar-refractivity contribution in [3.63, 3.8) is 0 Å². The molecule has 1 amide bonds. The largest absolute Gasteiger partial charge is 0.370 e. The van der Waals surface area contributed by atoms with Crippen LogP contribution in [-0.2, 0) is 9.53 Å². The highest BCUT2D eigenvalue weighted by Crippen LogP contribution is 2.35. The van der Waals surface area contributed by atoms with Crippen LogP contribution in [0.1, 0.15) is 38.5 Å². The predicted molar refractivity (Wildman–Crippen MR) is 66.5 cm³/mol. The Morgan fingerprint density at radius 2 is 2.06 bits per heavy atom. The van der Waals surface area contributed by atoms with Gasteiger partial charge in [0.25, 0.3) is 5.91 Å². The molecule has 1 saturated heterocycles. The van der Waals surface area contributed by atoms with E-state index in [4.69, 9.17) is 10.5 Å². The summed E-state index contributed by atoms with van der Waals surface area (Å²) in [5.74, 6) is 0.820. The molecule has 98 valence electrons. The van der Waals surface area contributed by atoms with Crippen LogP contribution in [0.25, 0.3) is 0 Å². The SMILES string of the molecule is COC(CN)C(=O)N1CCCC1C1CCCC1. The number of likely N-dealkylation sites (tertiary alicyclic amines) is 1. The van der Waals surface area contributed by atoms with Crippen molar-refractivity contribution < 1.29 is 9.53 Å². The third kappa shape index (κ3) is 2.63. The van der Waals surface area contributed by atoms with Gasteiger partial charge in [0.15, 0.2) is 0 Å². The molecule has 0 radical (unpaired) electrons. The van der Waals surface area contributed by atoms with Crippen LogP contribution in [0.2, 0.25) is 0 Å². The molecule has 0 aromatic heterocycles. The highest BCUT2D eigenvalue weighted by molar-refractivity contribution is 5.81. The van der Waals surface area contributed by atoms with Gasteiger partial charge in [-0.3, -0.25) is 4.79 Å². The first-order valence-electron chi connectivity index (χ1n) is 6.81. The highest BCUT2D eigenvalue weighted by Gasteiger charge is 2.37. The fourth-order valence-corrected chi connectivity index (χ4v) is 3.38. The van der Waals surface area contributed by atoms with Gasteiger partial charge < -0.3 is 15.4 Å². The molecule has 2 N–H and O–H groups in total. The molecule has 4 heteroatoms. The third-order valence-corrected chi connectivity index (χ3v) is 4.30. The van der Waals surface area contributed by atoms with Crippen molar-refractivity contribution in [3.05, 3.63) is 0 Å². The maximum Gasteiger partial charge on any atom is 0.253 e. The van der Waals surface area contributed by atoms with Crippen LogP contribution < -0.4 is 5.73 Å². The van der Waals surface area contributed by atoms with Crippen molar-refractivity contribution in [2.75, 3.05) is 20.2 Å². The number of amides is 1. The van der Waals surface area contributed by atoms with Crippen LogP contribution in [0, 0.1) is 5.92 Å². The van der Waals surface area contributed by atoms with Crippen LogP contribution in [-0.4, -0.2) is 43.2 Å². The van der Waals surface area contributed by atoms with Crippen molar-refractivity contribution in [1.29, 1.82) is 0 Å². The molecule has 1 aliphatic heterocycles. The van der Waals surface area contributed by atoms with Crippen LogP contribution in [0.3, 0.4) is 0 Å². The summed E-state index contributed by atoms with van der Waals surface area (Å²) < 4.78 is 5.17. The van der Waals surface area contributed by atoms with Gasteiger partial charge in [-0.1, -0.05) is 12.8 Å². The summed E-state index contributed by atoms with van der Waals surface area (Å²) in [7, 11) is 1.57. The number of carbonyl (C=O) groups is 1. The number of rotatable bonds is 4. The maximum atomic E-state index is 12.3. The lowest BCUT2D eigenvalue weighted by molar-refractivity contribution is -0.143. The number of carbonyl (C=O) groups excluding carboxylic acids is 1. The van der Waals surface area contributed by atoms with E-state index >= 15 is 0 Å². The van der Waals surface area contributed by atoms with E-state index in [2.05, 4.69) is 0 Å². The Morgan fingerprint density at radius 1 is 1.35 bits per heavy atom. The van der Waals surface area contributed by atoms with E-state index in [0.29, 0.717) is 6.04 Å². The minimum atomic E-state index is -0.447. The van der Waals surface area contributed by atoms with E-state index in [1.165, 1.54) is 25.7 Å². The van der Waals surface area contributed by atoms with Crippen LogP contribution >= 0.6 is 0 Å². The first-order valence-corrected chi connectivity index (χ1v) is 6.81. The zero-order chi connectivity index (χ0) is 12.3. The van der Waals surface area contributed by atoms with Gasteiger partial charge in [0.05, 0.1) is 0 Å². The third-order valence-electron chi connectivity index (χ3n) is 4.30. The molecule has 2 rings (SSSR count). The Bertz CT molecular complexity index is 260. The fourth-order valence-electron chi connectivity index (χ4n) is 3.38. The number of ether oxygens (including phenoxy) is 1. The first-order chi connectivity index (χ1) is 8.27. The molecular weight excluding hydrogens is 216 g/mol. The monoisotopic (exact) mass is 240 g/mol. The summed E-state index contributed by atoms with van der Waals surface area (Å²) in [6.45, 7) is 1.17. The van der Waals surface area contributed by atoms with E-state index < -0.39 is 6.10 Å². The van der Waals surface area contributed by atoms with Crippen molar-refractivity contribution in [3.8, 4) is 0 Å². The average Bonchev–Trinajstić information content (AvgIpc) is 3.01. The maximum absolute atomic E-state index is 12.3. The summed E-state index contributed by atoms with van der Waals surface area (Å²) in [5, 5.41) is 0. The minimum absolute atomic E-state index is 0.101. The zero-order valence-electron chi connectivity index (χ0n) is 10.7. The fraction of sp³-hybridized carbons (Fsp3) is 0.923. The van der Waals surface area contributed by atoms with Gasteiger partial charge in [0.2, 0.25) is 0 Å². The van der Waals surface area contributed by atoms with Gasteiger partial charge >= 0.3 is 0 Å². The normalized spacial score (nSPS) is 27.6. The van der Waals surface area contributed by atoms with Crippen LogP contribution in [0.15, 0.2) is 0 Å². The predicted octanol–water partition coefficient (Wildman–Crippen LogP) is 1.14. The molecular formula is C13H24N2O2. The number of hydrogen-bond acceptors (Lipinski definition) is 3. The molecule has 1 heterocycles. The van der Waals surface area contributed by atoms with E-state index in [9.17, 15) is 4.79 Å². The molecule has 17 heavy (non-hydrogen) atoms. The Morgan fingerprint density at radius 3 is 2.65 bits per heavy atom. The number of nitrogens with zero attached hydrogens (tertiary/aromatic N) is 1. The van der Waals surface area contributed by atoms with Gasteiger partial charge in [-0.15, -0.1) is 0 Å². The summed E-state index contributed by atoms with van der Waals surface area (Å²) in [4.78, 5) is 14.3. The molecule has 0 bridgehead atoms. The molecule has 0 aromatic carbocycles. The molecule has 4 nitrogen and oxygen atoms in total. The summed E-state index contributed by atoms with van der Waals surface area (Å²) in [5.41, 5.74) is 5.58. The second-order valence-corrected chi connectivity index (χ2v) is 5.25. The molecule has 2 unspecified atom stereocenters. The van der Waals surface area contributed by atoms with Crippen molar-refractivity contribution in [1.82, 2.24) is 4.90 Å². The first kappa shape index (κ1) is 12.8. The topological polar surface area (TPSA) is 55.6 Å². The smallest absolute Gasteiger partial charge is 0.253 e. The lowest BCUT2D eigenvalue weighted by atomic mass is 9.96. The summed E-state index contributed by atoms with van der Waals surface area (Å²) >= 11 is 0. The standard InChI is InChI=1S/C13H24N2O2/c1-17-12(9-14)13(16)15-8-4-7-11(15)10-5-2-3-6-10/h10-12H,2-9,14H2,1H3. The summed E-state index contributed by atoms with van der Waals surface area (Å²) in [6.07, 6.45) is 7.08. The van der Waals surface area contributed by atoms with Gasteiger partial charge in [0.1, 0.15) is 6.10 Å². The van der Waals surface area contributed by atoms with Gasteiger partial charge in [-0.05, 0) is 31.6 Å². The number of methoxy groups -OCH3 is 1. The lowest BCUT2D eigenvalue weighted by Crippen LogP contribution is -2.47. The lowest BCUT2D eigenvalue weighted by Gasteiger charge is -2.31. The minimum Gasteiger partial charge on any atom is -0.370 e. The molecule has 2 aliphatic rings. The Balaban J connectivity index is 2.00. The summed E-state index contributed by atoms with van der Waals surface area (Å²) in [6, 6.07) is 0.453. The molecule has 1 saturated carbocycles. The average molecular weight is 240 g/mol.